The molecule has 1 unspecified atom stereocenters. The van der Waals surface area contributed by atoms with Gasteiger partial charge >= 0.3 is 5.97 Å². The summed E-state index contributed by atoms with van der Waals surface area (Å²) in [6, 6.07) is 21.2. The summed E-state index contributed by atoms with van der Waals surface area (Å²) in [5.41, 5.74) is 2.05. The summed E-state index contributed by atoms with van der Waals surface area (Å²) in [5, 5.41) is -0.101. The summed E-state index contributed by atoms with van der Waals surface area (Å²) < 4.78 is 4.91. The monoisotopic (exact) mass is 462 g/mol. The number of anilines is 1. The Hall–Kier alpha value is -3.45. The van der Waals surface area contributed by atoms with E-state index in [1.807, 2.05) is 48.5 Å². The van der Waals surface area contributed by atoms with E-state index in [2.05, 4.69) is 4.98 Å². The molecule has 0 aliphatic carbocycles. The molecule has 1 aromatic heterocycles. The van der Waals surface area contributed by atoms with Crippen LogP contribution in [0.1, 0.15) is 22.8 Å². The summed E-state index contributed by atoms with van der Waals surface area (Å²) >= 11 is 1.11. The molecule has 0 fully saturated rings. The maximum atomic E-state index is 13.8. The molecule has 0 aliphatic rings. The van der Waals surface area contributed by atoms with Gasteiger partial charge in [0.1, 0.15) is 6.04 Å². The van der Waals surface area contributed by atoms with E-state index in [1.165, 1.54) is 12.0 Å². The van der Waals surface area contributed by atoms with Gasteiger partial charge in [0, 0.05) is 17.5 Å². The molecular formula is C26H26N2O4S. The van der Waals surface area contributed by atoms with Crippen LogP contribution in [0.25, 0.3) is 0 Å². The van der Waals surface area contributed by atoms with Crippen molar-refractivity contribution in [3.05, 3.63) is 96.3 Å². The number of ether oxygens (including phenoxy) is 1. The highest BCUT2D eigenvalue weighted by Crippen LogP contribution is 2.25. The van der Waals surface area contributed by atoms with Crippen LogP contribution in [0.2, 0.25) is 0 Å². The predicted octanol–water partition coefficient (Wildman–Crippen LogP) is 4.41. The van der Waals surface area contributed by atoms with Gasteiger partial charge in [0.25, 0.3) is 0 Å². The lowest BCUT2D eigenvalue weighted by Crippen LogP contribution is -2.48. The number of aromatic nitrogens is 1. The van der Waals surface area contributed by atoms with Crippen molar-refractivity contribution in [3.63, 3.8) is 0 Å². The van der Waals surface area contributed by atoms with Crippen LogP contribution in [0.3, 0.4) is 0 Å². The zero-order chi connectivity index (χ0) is 23.6. The summed E-state index contributed by atoms with van der Waals surface area (Å²) in [4.78, 5) is 44.4. The molecule has 0 saturated carbocycles. The quantitative estimate of drug-likeness (QED) is 0.439. The van der Waals surface area contributed by atoms with Gasteiger partial charge in [-0.15, -0.1) is 0 Å². The molecule has 2 atom stereocenters. The number of thioether (sulfide) groups is 1. The number of methoxy groups -OCH3 is 1. The van der Waals surface area contributed by atoms with E-state index in [1.54, 1.807) is 43.6 Å². The largest absolute Gasteiger partial charge is 0.467 e. The average Bonchev–Trinajstić information content (AvgIpc) is 2.87. The van der Waals surface area contributed by atoms with Gasteiger partial charge in [-0.05, 0) is 31.0 Å². The Labute approximate surface area is 198 Å². The maximum Gasteiger partial charge on any atom is 0.328 e. The van der Waals surface area contributed by atoms with E-state index in [0.717, 1.165) is 17.3 Å². The fraction of sp³-hybridized carbons (Fsp3) is 0.231. The molecule has 1 heterocycles. The van der Waals surface area contributed by atoms with Crippen molar-refractivity contribution in [2.24, 2.45) is 5.92 Å². The van der Waals surface area contributed by atoms with Crippen molar-refractivity contribution >= 4 is 34.4 Å². The Morgan fingerprint density at radius 3 is 2.24 bits per heavy atom. The fourth-order valence-electron chi connectivity index (χ4n) is 3.46. The van der Waals surface area contributed by atoms with Crippen molar-refractivity contribution in [3.8, 4) is 0 Å². The van der Waals surface area contributed by atoms with E-state index in [-0.39, 0.29) is 16.8 Å². The number of hydrogen-bond donors (Lipinski definition) is 0. The van der Waals surface area contributed by atoms with Crippen LogP contribution in [0.5, 0.6) is 0 Å². The molecule has 0 spiro atoms. The predicted molar refractivity (Wildman–Crippen MR) is 130 cm³/mol. The van der Waals surface area contributed by atoms with Gasteiger partial charge in [0.05, 0.1) is 24.9 Å². The van der Waals surface area contributed by atoms with E-state index >= 15 is 0 Å². The molecular weight excluding hydrogens is 436 g/mol. The molecule has 6 nitrogen and oxygen atoms in total. The maximum absolute atomic E-state index is 13.8. The van der Waals surface area contributed by atoms with Gasteiger partial charge in [-0.3, -0.25) is 19.5 Å². The molecule has 0 radical (unpaired) electrons. The first-order chi connectivity index (χ1) is 16.0. The van der Waals surface area contributed by atoms with E-state index in [0.29, 0.717) is 17.7 Å². The number of nitrogens with zero attached hydrogens (tertiary/aromatic N) is 2. The van der Waals surface area contributed by atoms with Crippen LogP contribution in [0, 0.1) is 5.92 Å². The fourth-order valence-corrected chi connectivity index (χ4v) is 4.38. The van der Waals surface area contributed by atoms with Gasteiger partial charge < -0.3 is 4.74 Å². The smallest absolute Gasteiger partial charge is 0.328 e. The first-order valence-electron chi connectivity index (χ1n) is 10.6. The molecule has 33 heavy (non-hydrogen) atoms. The highest BCUT2D eigenvalue weighted by molar-refractivity contribution is 8.14. The van der Waals surface area contributed by atoms with Crippen molar-refractivity contribution in [1.29, 1.82) is 0 Å². The van der Waals surface area contributed by atoms with Crippen molar-refractivity contribution in [2.45, 2.75) is 19.4 Å². The Morgan fingerprint density at radius 1 is 0.970 bits per heavy atom. The van der Waals surface area contributed by atoms with Gasteiger partial charge in [-0.1, -0.05) is 72.4 Å². The third kappa shape index (κ3) is 6.52. The lowest BCUT2D eigenvalue weighted by Gasteiger charge is -2.31. The molecule has 3 aromatic rings. The lowest BCUT2D eigenvalue weighted by molar-refractivity contribution is -0.143. The standard InChI is InChI=1S/C26H26N2O4S/c1-19(25(30)32-2)28(23-14-9-15-27-17-23)24(29)22(16-20-10-5-3-6-11-20)18-33-26(31)21-12-7-4-8-13-21/h3-15,17,19,22H,16,18H2,1-2H3/t19-,22?/m0/s1. The summed E-state index contributed by atoms with van der Waals surface area (Å²) in [6.07, 6.45) is 3.57. The minimum atomic E-state index is -0.847. The van der Waals surface area contributed by atoms with Crippen LogP contribution in [0.4, 0.5) is 5.69 Å². The van der Waals surface area contributed by atoms with Crippen LogP contribution in [0.15, 0.2) is 85.2 Å². The number of benzene rings is 2. The summed E-state index contributed by atoms with van der Waals surface area (Å²) in [7, 11) is 1.29. The molecule has 1 amide bonds. The Kier molecular flexibility index (Phi) is 8.78. The van der Waals surface area contributed by atoms with E-state index < -0.39 is 17.9 Å². The van der Waals surface area contributed by atoms with Gasteiger partial charge in [0.2, 0.25) is 11.0 Å². The number of rotatable bonds is 9. The van der Waals surface area contributed by atoms with Crippen LogP contribution < -0.4 is 4.90 Å². The van der Waals surface area contributed by atoms with Crippen LogP contribution in [-0.2, 0) is 20.7 Å². The zero-order valence-electron chi connectivity index (χ0n) is 18.6. The second-order valence-electron chi connectivity index (χ2n) is 7.47. The van der Waals surface area contributed by atoms with Gasteiger partial charge in [0.15, 0.2) is 0 Å². The number of amides is 1. The molecule has 0 aliphatic heterocycles. The number of hydrogen-bond acceptors (Lipinski definition) is 6. The number of pyridine rings is 1. The SMILES string of the molecule is COC(=O)[C@H](C)N(C(=O)C(CSC(=O)c1ccccc1)Cc1ccccc1)c1cccnc1. The minimum absolute atomic E-state index is 0.101. The molecule has 170 valence electrons. The Morgan fingerprint density at radius 2 is 1.64 bits per heavy atom. The second kappa shape index (κ2) is 12.0. The first-order valence-corrected chi connectivity index (χ1v) is 11.6. The molecule has 3 rings (SSSR count). The van der Waals surface area contributed by atoms with Crippen LogP contribution >= 0.6 is 11.8 Å². The van der Waals surface area contributed by atoms with Gasteiger partial charge in [-0.25, -0.2) is 4.79 Å². The number of carbonyl (C=O) groups excluding carboxylic acids is 3. The Balaban J connectivity index is 1.89. The van der Waals surface area contributed by atoms with E-state index in [9.17, 15) is 14.4 Å². The molecule has 0 bridgehead atoms. The van der Waals surface area contributed by atoms with E-state index in [4.69, 9.17) is 4.74 Å². The lowest BCUT2D eigenvalue weighted by atomic mass is 9.98. The summed E-state index contributed by atoms with van der Waals surface area (Å²) in [6.45, 7) is 1.62. The third-order valence-electron chi connectivity index (χ3n) is 5.19. The topological polar surface area (TPSA) is 76.6 Å². The van der Waals surface area contributed by atoms with Gasteiger partial charge in [-0.2, -0.15) is 0 Å². The molecule has 0 N–H and O–H groups in total. The Bertz CT molecular complexity index is 1060. The zero-order valence-corrected chi connectivity index (χ0v) is 19.4. The highest BCUT2D eigenvalue weighted by atomic mass is 32.2. The third-order valence-corrected chi connectivity index (χ3v) is 6.26. The molecule has 2 aromatic carbocycles. The van der Waals surface area contributed by atoms with Crippen molar-refractivity contribution in [1.82, 2.24) is 4.98 Å². The van der Waals surface area contributed by atoms with Crippen molar-refractivity contribution in [2.75, 3.05) is 17.8 Å². The molecule has 0 saturated heterocycles. The average molecular weight is 463 g/mol. The summed E-state index contributed by atoms with van der Waals surface area (Å²) in [5.74, 6) is -1.07. The normalized spacial score (nSPS) is 12.4. The highest BCUT2D eigenvalue weighted by Gasteiger charge is 2.33. The second-order valence-corrected chi connectivity index (χ2v) is 8.46. The van der Waals surface area contributed by atoms with Crippen LogP contribution in [-0.4, -0.2) is 40.9 Å². The van der Waals surface area contributed by atoms with Crippen molar-refractivity contribution < 1.29 is 19.1 Å². The molecule has 7 heteroatoms. The first kappa shape index (κ1) is 24.2. The minimum Gasteiger partial charge on any atom is -0.467 e. The number of esters is 1. The number of carbonyl (C=O) groups is 3.